The van der Waals surface area contributed by atoms with Crippen LogP contribution in [0.15, 0.2) is 11.6 Å². The largest absolute Gasteiger partial charge is 0.444 e. The molecule has 0 radical (unpaired) electrons. The van der Waals surface area contributed by atoms with E-state index in [4.69, 9.17) is 10.5 Å². The molecule has 108 valence electrons. The fourth-order valence-electron chi connectivity index (χ4n) is 2.25. The number of ether oxygens (including phenoxy) is 1. The average Bonchev–Trinajstić information content (AvgIpc) is 3.04. The molecule has 4 nitrogen and oxygen atoms in total. The minimum Gasteiger partial charge on any atom is -0.444 e. The number of hydrogen-bond donors (Lipinski definition) is 1. The predicted octanol–water partition coefficient (Wildman–Crippen LogP) is 2.83. The monoisotopic (exact) mass is 266 g/mol. The summed E-state index contributed by atoms with van der Waals surface area (Å²) in [6.07, 6.45) is 7.42. The van der Waals surface area contributed by atoms with Crippen molar-refractivity contribution < 1.29 is 9.53 Å². The van der Waals surface area contributed by atoms with Crippen LogP contribution in [0.4, 0.5) is 4.79 Å². The van der Waals surface area contributed by atoms with Crippen LogP contribution in [0.25, 0.3) is 0 Å². The Kier molecular flexibility index (Phi) is 3.90. The fraction of sp³-hybridized carbons (Fsp3) is 0.800. The third-order valence-electron chi connectivity index (χ3n) is 3.79. The Labute approximate surface area is 116 Å². The Morgan fingerprint density at radius 1 is 1.47 bits per heavy atom. The maximum absolute atomic E-state index is 11.9. The molecule has 0 aromatic carbocycles. The van der Waals surface area contributed by atoms with Crippen LogP contribution in [0.2, 0.25) is 0 Å². The summed E-state index contributed by atoms with van der Waals surface area (Å²) in [4.78, 5) is 13.7. The molecule has 0 unspecified atom stereocenters. The second-order valence-electron chi connectivity index (χ2n) is 6.90. The van der Waals surface area contributed by atoms with E-state index in [0.29, 0.717) is 6.54 Å². The van der Waals surface area contributed by atoms with Crippen LogP contribution in [0.3, 0.4) is 0 Å². The highest BCUT2D eigenvalue weighted by atomic mass is 16.6. The minimum atomic E-state index is -0.418. The van der Waals surface area contributed by atoms with Gasteiger partial charge in [0, 0.05) is 18.6 Å². The molecule has 0 saturated heterocycles. The quantitative estimate of drug-likeness (QED) is 0.799. The van der Waals surface area contributed by atoms with Gasteiger partial charge in [-0.2, -0.15) is 0 Å². The summed E-state index contributed by atoms with van der Waals surface area (Å²) >= 11 is 0. The second-order valence-corrected chi connectivity index (χ2v) is 6.90. The van der Waals surface area contributed by atoms with E-state index in [1.54, 1.807) is 4.90 Å². The summed E-state index contributed by atoms with van der Waals surface area (Å²) in [6.45, 7) is 7.12. The first-order chi connectivity index (χ1) is 8.77. The lowest BCUT2D eigenvalue weighted by Crippen LogP contribution is -2.39. The molecule has 1 fully saturated rings. The van der Waals surface area contributed by atoms with Crippen molar-refractivity contribution in [1.82, 2.24) is 4.90 Å². The standard InChI is InChI=1S/C15H26N2O2/c1-14(2,3)19-13(18)17-10-5-12(6-11-17)4-7-15(16)8-9-15/h5H,4,6-11,16H2,1-3H3. The molecule has 0 bridgehead atoms. The molecule has 1 saturated carbocycles. The molecule has 1 aliphatic heterocycles. The van der Waals surface area contributed by atoms with E-state index >= 15 is 0 Å². The Morgan fingerprint density at radius 2 is 2.16 bits per heavy atom. The maximum Gasteiger partial charge on any atom is 0.410 e. The van der Waals surface area contributed by atoms with E-state index in [2.05, 4.69) is 6.08 Å². The second kappa shape index (κ2) is 5.16. The highest BCUT2D eigenvalue weighted by Crippen LogP contribution is 2.38. The molecule has 1 amide bonds. The van der Waals surface area contributed by atoms with E-state index < -0.39 is 5.60 Å². The van der Waals surface area contributed by atoms with Gasteiger partial charge in [-0.15, -0.1) is 0 Å². The molecule has 1 aliphatic carbocycles. The highest BCUT2D eigenvalue weighted by Gasteiger charge is 2.37. The first-order valence-electron chi connectivity index (χ1n) is 7.22. The summed E-state index contributed by atoms with van der Waals surface area (Å²) in [6, 6.07) is 0. The van der Waals surface area contributed by atoms with Crippen LogP contribution in [-0.4, -0.2) is 35.2 Å². The van der Waals surface area contributed by atoms with Crippen LogP contribution in [0, 0.1) is 0 Å². The van der Waals surface area contributed by atoms with E-state index in [0.717, 1.165) is 25.8 Å². The molecule has 19 heavy (non-hydrogen) atoms. The minimum absolute atomic E-state index is 0.128. The lowest BCUT2D eigenvalue weighted by molar-refractivity contribution is 0.0265. The number of rotatable bonds is 3. The van der Waals surface area contributed by atoms with Gasteiger partial charge in [-0.1, -0.05) is 11.6 Å². The van der Waals surface area contributed by atoms with E-state index in [-0.39, 0.29) is 11.6 Å². The van der Waals surface area contributed by atoms with Gasteiger partial charge in [0.1, 0.15) is 5.60 Å². The van der Waals surface area contributed by atoms with Crippen molar-refractivity contribution in [2.45, 2.75) is 64.0 Å². The van der Waals surface area contributed by atoms with Gasteiger partial charge in [0.15, 0.2) is 0 Å². The number of nitrogens with two attached hydrogens (primary N) is 1. The summed E-state index contributed by atoms with van der Waals surface area (Å²) < 4.78 is 5.37. The van der Waals surface area contributed by atoms with Crippen LogP contribution in [0.5, 0.6) is 0 Å². The first kappa shape index (κ1) is 14.4. The molecule has 0 aromatic heterocycles. The number of nitrogens with zero attached hydrogens (tertiary/aromatic N) is 1. The smallest absolute Gasteiger partial charge is 0.410 e. The van der Waals surface area contributed by atoms with Crippen LogP contribution < -0.4 is 5.73 Å². The van der Waals surface area contributed by atoms with Crippen molar-refractivity contribution in [3.63, 3.8) is 0 Å². The van der Waals surface area contributed by atoms with Crippen molar-refractivity contribution in [3.05, 3.63) is 11.6 Å². The molecule has 2 rings (SSSR count). The lowest BCUT2D eigenvalue weighted by atomic mass is 9.99. The van der Waals surface area contributed by atoms with E-state index in [9.17, 15) is 4.79 Å². The summed E-state index contributed by atoms with van der Waals surface area (Å²) in [5.41, 5.74) is 7.25. The Bertz CT molecular complexity index is 378. The van der Waals surface area contributed by atoms with Crippen molar-refractivity contribution in [2.24, 2.45) is 5.73 Å². The van der Waals surface area contributed by atoms with E-state index in [1.165, 1.54) is 18.4 Å². The number of carbonyl (C=O) groups excluding carboxylic acids is 1. The third kappa shape index (κ3) is 4.53. The number of amides is 1. The van der Waals surface area contributed by atoms with Crippen molar-refractivity contribution >= 4 is 6.09 Å². The van der Waals surface area contributed by atoms with Crippen molar-refractivity contribution in [1.29, 1.82) is 0 Å². The fourth-order valence-corrected chi connectivity index (χ4v) is 2.25. The molecular formula is C15H26N2O2. The average molecular weight is 266 g/mol. The van der Waals surface area contributed by atoms with Gasteiger partial charge in [0.2, 0.25) is 0 Å². The van der Waals surface area contributed by atoms with Gasteiger partial charge in [0.05, 0.1) is 0 Å². The molecular weight excluding hydrogens is 240 g/mol. The molecule has 2 aliphatic rings. The Balaban J connectivity index is 1.77. The van der Waals surface area contributed by atoms with Gasteiger partial charge in [-0.3, -0.25) is 0 Å². The zero-order valence-corrected chi connectivity index (χ0v) is 12.4. The highest BCUT2D eigenvalue weighted by molar-refractivity contribution is 5.68. The summed E-state index contributed by atoms with van der Waals surface area (Å²) in [5, 5.41) is 0. The molecule has 0 aromatic rings. The van der Waals surface area contributed by atoms with Gasteiger partial charge >= 0.3 is 6.09 Å². The van der Waals surface area contributed by atoms with Gasteiger partial charge < -0.3 is 15.4 Å². The number of hydrogen-bond acceptors (Lipinski definition) is 3. The lowest BCUT2D eigenvalue weighted by Gasteiger charge is -2.29. The first-order valence-corrected chi connectivity index (χ1v) is 7.22. The predicted molar refractivity (Wildman–Crippen MR) is 75.9 cm³/mol. The van der Waals surface area contributed by atoms with E-state index in [1.807, 2.05) is 20.8 Å². The normalized spacial score (nSPS) is 21.9. The molecule has 2 N–H and O–H groups in total. The third-order valence-corrected chi connectivity index (χ3v) is 3.79. The van der Waals surface area contributed by atoms with Gasteiger partial charge in [0.25, 0.3) is 0 Å². The summed E-state index contributed by atoms with van der Waals surface area (Å²) in [5.74, 6) is 0. The van der Waals surface area contributed by atoms with Gasteiger partial charge in [-0.05, 0) is 52.9 Å². The summed E-state index contributed by atoms with van der Waals surface area (Å²) in [7, 11) is 0. The van der Waals surface area contributed by atoms with Crippen LogP contribution in [-0.2, 0) is 4.74 Å². The van der Waals surface area contributed by atoms with Crippen molar-refractivity contribution in [2.75, 3.05) is 13.1 Å². The molecule has 4 heteroatoms. The van der Waals surface area contributed by atoms with Crippen LogP contribution >= 0.6 is 0 Å². The zero-order valence-electron chi connectivity index (χ0n) is 12.4. The topological polar surface area (TPSA) is 55.6 Å². The Morgan fingerprint density at radius 3 is 2.63 bits per heavy atom. The SMILES string of the molecule is CC(C)(C)OC(=O)N1CC=C(CCC2(N)CC2)CC1. The molecule has 0 spiro atoms. The number of carbonyl (C=O) groups is 1. The van der Waals surface area contributed by atoms with Crippen molar-refractivity contribution in [3.8, 4) is 0 Å². The van der Waals surface area contributed by atoms with Crippen LogP contribution in [0.1, 0.15) is 52.9 Å². The molecule has 1 heterocycles. The zero-order chi connectivity index (χ0) is 14.1. The van der Waals surface area contributed by atoms with Gasteiger partial charge in [-0.25, -0.2) is 4.79 Å². The molecule has 0 atom stereocenters. The maximum atomic E-state index is 11.9. The Hall–Kier alpha value is -1.03.